The second-order valence-electron chi connectivity index (χ2n) is 8.43. The number of benzene rings is 1. The number of amides is 1. The molecule has 1 aromatic carbocycles. The molecular weight excluding hydrogens is 444 g/mol. The summed E-state index contributed by atoms with van der Waals surface area (Å²) in [6, 6.07) is 9.39. The van der Waals surface area contributed by atoms with Crippen molar-refractivity contribution in [3.05, 3.63) is 67.0 Å². The number of hydrogen-bond donors (Lipinski definition) is 4. The molecule has 6 N–H and O–H groups in total. The van der Waals surface area contributed by atoms with Crippen molar-refractivity contribution in [2.75, 3.05) is 10.6 Å². The Labute approximate surface area is 202 Å². The predicted octanol–water partition coefficient (Wildman–Crippen LogP) is 2.64. The van der Waals surface area contributed by atoms with Gasteiger partial charge in [0.1, 0.15) is 5.82 Å². The fourth-order valence-electron chi connectivity index (χ4n) is 4.21. The van der Waals surface area contributed by atoms with E-state index in [4.69, 9.17) is 11.5 Å². The van der Waals surface area contributed by atoms with Crippen LogP contribution in [0, 0.1) is 0 Å². The maximum atomic E-state index is 12.1. The van der Waals surface area contributed by atoms with E-state index in [1.165, 1.54) is 6.20 Å². The molecule has 0 radical (unpaired) electrons. The highest BCUT2D eigenvalue weighted by Gasteiger charge is 2.23. The van der Waals surface area contributed by atoms with E-state index in [9.17, 15) is 4.79 Å². The van der Waals surface area contributed by atoms with Crippen LogP contribution in [0.1, 0.15) is 36.2 Å². The molecule has 0 unspecified atom stereocenters. The number of nitrogens with zero attached hydrogens (tertiary/aromatic N) is 6. The zero-order valence-electron chi connectivity index (χ0n) is 19.0. The van der Waals surface area contributed by atoms with Crippen molar-refractivity contribution in [3.8, 4) is 17.1 Å². The first-order valence-corrected chi connectivity index (χ1v) is 11.5. The molecule has 1 fully saturated rings. The van der Waals surface area contributed by atoms with Crippen LogP contribution >= 0.6 is 0 Å². The van der Waals surface area contributed by atoms with Gasteiger partial charge in [0.05, 0.1) is 11.9 Å². The molecule has 1 aliphatic rings. The lowest BCUT2D eigenvalue weighted by molar-refractivity contribution is 0.0996. The molecule has 2 atom stereocenters. The number of rotatable bonds is 7. The van der Waals surface area contributed by atoms with E-state index in [-0.39, 0.29) is 23.6 Å². The highest BCUT2D eigenvalue weighted by atomic mass is 16.1. The van der Waals surface area contributed by atoms with Gasteiger partial charge in [0.25, 0.3) is 5.91 Å². The second kappa shape index (κ2) is 9.85. The SMILES string of the molecule is NC(=O)c1ncc(N[C@@H]2CCCC[C@@H]2N)nc1Nc1cc(-c2ncccn2)cc(-n2cccn2)c1. The summed E-state index contributed by atoms with van der Waals surface area (Å²) in [6.07, 6.45) is 12.5. The molecule has 3 aromatic heterocycles. The Bertz CT molecular complexity index is 1310. The van der Waals surface area contributed by atoms with E-state index in [1.807, 2.05) is 30.5 Å². The van der Waals surface area contributed by atoms with E-state index in [1.54, 1.807) is 29.3 Å². The Morgan fingerprint density at radius 1 is 1.03 bits per heavy atom. The number of aromatic nitrogens is 6. The number of carbonyl (C=O) groups is 1. The number of primary amides is 1. The predicted molar refractivity (Wildman–Crippen MR) is 132 cm³/mol. The van der Waals surface area contributed by atoms with E-state index in [0.29, 0.717) is 17.3 Å². The first-order chi connectivity index (χ1) is 17.1. The van der Waals surface area contributed by atoms with Crippen molar-refractivity contribution in [2.45, 2.75) is 37.8 Å². The van der Waals surface area contributed by atoms with E-state index in [0.717, 1.165) is 36.9 Å². The van der Waals surface area contributed by atoms with Crippen LogP contribution in [0.4, 0.5) is 17.3 Å². The summed E-state index contributed by atoms with van der Waals surface area (Å²) in [6.45, 7) is 0. The lowest BCUT2D eigenvalue weighted by atomic mass is 9.91. The summed E-state index contributed by atoms with van der Waals surface area (Å²) in [5.41, 5.74) is 14.1. The molecule has 11 nitrogen and oxygen atoms in total. The van der Waals surface area contributed by atoms with Crippen LogP contribution in [0.2, 0.25) is 0 Å². The smallest absolute Gasteiger partial charge is 0.271 e. The average molecular weight is 471 g/mol. The lowest BCUT2D eigenvalue weighted by Crippen LogP contribution is -2.42. The summed E-state index contributed by atoms with van der Waals surface area (Å²) in [5, 5.41) is 10.9. The Kier molecular flexibility index (Phi) is 6.31. The molecule has 35 heavy (non-hydrogen) atoms. The standard InChI is InChI=1S/C24H26N10O/c25-18-5-1-2-6-19(18)32-20-14-29-21(22(26)35)24(33-20)31-16-11-15(23-27-7-3-8-28-23)12-17(13-16)34-10-4-9-30-34/h3-4,7-14,18-19H,1-2,5-6,25H2,(H2,26,35)(H2,31,32,33)/t18-,19+/m0/s1. The van der Waals surface area contributed by atoms with Gasteiger partial charge in [-0.15, -0.1) is 0 Å². The summed E-state index contributed by atoms with van der Waals surface area (Å²) >= 11 is 0. The third-order valence-corrected chi connectivity index (χ3v) is 5.93. The molecular formula is C24H26N10O. The van der Waals surface area contributed by atoms with Gasteiger partial charge in [-0.3, -0.25) is 4.79 Å². The van der Waals surface area contributed by atoms with Crippen LogP contribution in [0.3, 0.4) is 0 Å². The van der Waals surface area contributed by atoms with E-state index in [2.05, 4.69) is 35.7 Å². The molecule has 1 aliphatic carbocycles. The number of nitrogens with two attached hydrogens (primary N) is 2. The Hall–Kier alpha value is -4.38. The van der Waals surface area contributed by atoms with Crippen LogP contribution in [-0.4, -0.2) is 47.7 Å². The highest BCUT2D eigenvalue weighted by molar-refractivity contribution is 5.96. The van der Waals surface area contributed by atoms with Gasteiger partial charge < -0.3 is 22.1 Å². The third-order valence-electron chi connectivity index (χ3n) is 5.93. The summed E-state index contributed by atoms with van der Waals surface area (Å²) in [4.78, 5) is 29.7. The summed E-state index contributed by atoms with van der Waals surface area (Å²) < 4.78 is 1.72. The van der Waals surface area contributed by atoms with Gasteiger partial charge in [-0.05, 0) is 43.2 Å². The van der Waals surface area contributed by atoms with Gasteiger partial charge in [-0.2, -0.15) is 5.10 Å². The van der Waals surface area contributed by atoms with E-state index >= 15 is 0 Å². The number of hydrogen-bond acceptors (Lipinski definition) is 9. The quantitative estimate of drug-likeness (QED) is 0.318. The minimum atomic E-state index is -0.684. The normalized spacial score (nSPS) is 17.6. The van der Waals surface area contributed by atoms with Crippen LogP contribution in [0.5, 0.6) is 0 Å². The number of carbonyl (C=O) groups excluding carboxylic acids is 1. The number of nitrogens with one attached hydrogen (secondary N) is 2. The molecule has 11 heteroatoms. The fraction of sp³-hybridized carbons (Fsp3) is 0.250. The van der Waals surface area contributed by atoms with Crippen LogP contribution in [0.25, 0.3) is 17.1 Å². The minimum Gasteiger partial charge on any atom is -0.364 e. The number of anilines is 3. The molecule has 0 spiro atoms. The molecule has 4 aromatic rings. The minimum absolute atomic E-state index is 0.0329. The maximum absolute atomic E-state index is 12.1. The van der Waals surface area contributed by atoms with Gasteiger partial charge in [0.2, 0.25) is 0 Å². The van der Waals surface area contributed by atoms with Crippen LogP contribution in [0.15, 0.2) is 61.3 Å². The topological polar surface area (TPSA) is 163 Å². The van der Waals surface area contributed by atoms with Gasteiger partial charge >= 0.3 is 0 Å². The molecule has 178 valence electrons. The molecule has 0 aliphatic heterocycles. The van der Waals surface area contributed by atoms with Crippen molar-refractivity contribution in [3.63, 3.8) is 0 Å². The lowest BCUT2D eigenvalue weighted by Gasteiger charge is -2.29. The molecule has 5 rings (SSSR count). The highest BCUT2D eigenvalue weighted by Crippen LogP contribution is 2.28. The molecule has 1 amide bonds. The maximum Gasteiger partial charge on any atom is 0.271 e. The molecule has 1 saturated carbocycles. The van der Waals surface area contributed by atoms with Crippen molar-refractivity contribution in [1.82, 2.24) is 29.7 Å². The van der Waals surface area contributed by atoms with Crippen LogP contribution in [-0.2, 0) is 0 Å². The van der Waals surface area contributed by atoms with Crippen molar-refractivity contribution < 1.29 is 4.79 Å². The van der Waals surface area contributed by atoms with Gasteiger partial charge in [-0.25, -0.2) is 24.6 Å². The fourth-order valence-corrected chi connectivity index (χ4v) is 4.21. The van der Waals surface area contributed by atoms with E-state index < -0.39 is 5.91 Å². The Morgan fingerprint density at radius 2 is 1.86 bits per heavy atom. The van der Waals surface area contributed by atoms with Crippen LogP contribution < -0.4 is 22.1 Å². The third kappa shape index (κ3) is 5.09. The first-order valence-electron chi connectivity index (χ1n) is 11.5. The monoisotopic (exact) mass is 470 g/mol. The Balaban J connectivity index is 1.51. The van der Waals surface area contributed by atoms with Gasteiger partial charge in [-0.1, -0.05) is 12.8 Å². The summed E-state index contributed by atoms with van der Waals surface area (Å²) in [7, 11) is 0. The molecule has 0 saturated heterocycles. The largest absolute Gasteiger partial charge is 0.364 e. The molecule has 0 bridgehead atoms. The summed E-state index contributed by atoms with van der Waals surface area (Å²) in [5.74, 6) is 0.627. The molecule has 3 heterocycles. The first kappa shape index (κ1) is 22.4. The van der Waals surface area contributed by atoms with Crippen molar-refractivity contribution >= 4 is 23.2 Å². The van der Waals surface area contributed by atoms with Crippen molar-refractivity contribution in [1.29, 1.82) is 0 Å². The Morgan fingerprint density at radius 3 is 2.60 bits per heavy atom. The second-order valence-corrected chi connectivity index (χ2v) is 8.43. The average Bonchev–Trinajstić information content (AvgIpc) is 3.41. The van der Waals surface area contributed by atoms with Gasteiger partial charge in [0.15, 0.2) is 17.3 Å². The van der Waals surface area contributed by atoms with Gasteiger partial charge in [0, 0.05) is 48.1 Å². The zero-order chi connectivity index (χ0) is 24.2. The van der Waals surface area contributed by atoms with Crippen molar-refractivity contribution in [2.24, 2.45) is 11.5 Å². The zero-order valence-corrected chi connectivity index (χ0v) is 19.0.